The van der Waals surface area contributed by atoms with Gasteiger partial charge >= 0.3 is 0 Å². The molecule has 0 aliphatic rings. The van der Waals surface area contributed by atoms with E-state index in [0.29, 0.717) is 17.8 Å². The standard InChI is InChI=1S/C19H17N3O2/c1-13(23)20-11-14-6-8-15(9-7-14)19(24)22-17-10-16-4-2-3-5-18(16)21-12-17/h2-10,12H,11H2,1H3,(H,20,23)(H,22,24). The fourth-order valence-electron chi connectivity index (χ4n) is 2.34. The Morgan fingerprint density at radius 3 is 2.54 bits per heavy atom. The first kappa shape index (κ1) is 15.7. The first-order chi connectivity index (χ1) is 11.6. The minimum absolute atomic E-state index is 0.0828. The van der Waals surface area contributed by atoms with Crippen LogP contribution in [0, 0.1) is 0 Å². The normalized spacial score (nSPS) is 10.4. The minimum Gasteiger partial charge on any atom is -0.352 e. The minimum atomic E-state index is -0.196. The molecule has 0 bridgehead atoms. The van der Waals surface area contributed by atoms with Gasteiger partial charge in [0.2, 0.25) is 5.91 Å². The van der Waals surface area contributed by atoms with Crippen molar-refractivity contribution in [3.8, 4) is 0 Å². The predicted molar refractivity (Wildman–Crippen MR) is 93.7 cm³/mol. The molecule has 0 spiro atoms. The molecule has 0 saturated heterocycles. The quantitative estimate of drug-likeness (QED) is 0.776. The fourth-order valence-corrected chi connectivity index (χ4v) is 2.34. The molecule has 1 aromatic heterocycles. The molecule has 0 aliphatic heterocycles. The lowest BCUT2D eigenvalue weighted by Gasteiger charge is -2.07. The van der Waals surface area contributed by atoms with Gasteiger partial charge in [-0.25, -0.2) is 0 Å². The summed E-state index contributed by atoms with van der Waals surface area (Å²) in [6.45, 7) is 1.92. The van der Waals surface area contributed by atoms with Gasteiger partial charge in [0.25, 0.3) is 5.91 Å². The second-order valence-corrected chi connectivity index (χ2v) is 5.48. The van der Waals surface area contributed by atoms with E-state index >= 15 is 0 Å². The topological polar surface area (TPSA) is 71.1 Å². The summed E-state index contributed by atoms with van der Waals surface area (Å²) >= 11 is 0. The van der Waals surface area contributed by atoms with E-state index in [9.17, 15) is 9.59 Å². The van der Waals surface area contributed by atoms with Crippen LogP contribution in [-0.4, -0.2) is 16.8 Å². The van der Waals surface area contributed by atoms with Crippen molar-refractivity contribution in [2.24, 2.45) is 0 Å². The van der Waals surface area contributed by atoms with Gasteiger partial charge in [-0.1, -0.05) is 30.3 Å². The van der Waals surface area contributed by atoms with Crippen molar-refractivity contribution in [3.05, 3.63) is 71.9 Å². The third-order valence-corrected chi connectivity index (χ3v) is 3.61. The molecule has 5 heteroatoms. The summed E-state index contributed by atoms with van der Waals surface area (Å²) in [6, 6.07) is 16.8. The molecule has 2 N–H and O–H groups in total. The highest BCUT2D eigenvalue weighted by Gasteiger charge is 2.07. The van der Waals surface area contributed by atoms with Crippen molar-refractivity contribution >= 4 is 28.4 Å². The smallest absolute Gasteiger partial charge is 0.255 e. The summed E-state index contributed by atoms with van der Waals surface area (Å²) in [5.74, 6) is -0.279. The third kappa shape index (κ3) is 3.76. The Hall–Kier alpha value is -3.21. The first-order valence-corrected chi connectivity index (χ1v) is 7.61. The number of benzene rings is 2. The Bertz CT molecular complexity index is 889. The number of aromatic nitrogens is 1. The number of anilines is 1. The number of amides is 2. The third-order valence-electron chi connectivity index (χ3n) is 3.61. The van der Waals surface area contributed by atoms with Crippen LogP contribution in [0.3, 0.4) is 0 Å². The average molecular weight is 319 g/mol. The van der Waals surface area contributed by atoms with Gasteiger partial charge in [-0.05, 0) is 29.8 Å². The second kappa shape index (κ2) is 6.91. The molecule has 1 heterocycles. The van der Waals surface area contributed by atoms with Crippen LogP contribution in [0.15, 0.2) is 60.8 Å². The summed E-state index contributed by atoms with van der Waals surface area (Å²) < 4.78 is 0. The zero-order valence-corrected chi connectivity index (χ0v) is 13.2. The van der Waals surface area contributed by atoms with Gasteiger partial charge in [0.05, 0.1) is 17.4 Å². The van der Waals surface area contributed by atoms with E-state index in [1.54, 1.807) is 18.3 Å². The maximum atomic E-state index is 12.3. The molecule has 0 radical (unpaired) electrons. The molecule has 5 nitrogen and oxygen atoms in total. The number of rotatable bonds is 4. The Morgan fingerprint density at radius 2 is 1.79 bits per heavy atom. The number of nitrogens with one attached hydrogen (secondary N) is 2. The highest BCUT2D eigenvalue weighted by Crippen LogP contribution is 2.17. The zero-order chi connectivity index (χ0) is 16.9. The number of hydrogen-bond donors (Lipinski definition) is 2. The lowest BCUT2D eigenvalue weighted by atomic mass is 10.1. The molecule has 0 fully saturated rings. The highest BCUT2D eigenvalue weighted by atomic mass is 16.2. The molecule has 0 atom stereocenters. The lowest BCUT2D eigenvalue weighted by Crippen LogP contribution is -2.19. The fraction of sp³-hybridized carbons (Fsp3) is 0.105. The molecule has 2 aromatic carbocycles. The number of hydrogen-bond acceptors (Lipinski definition) is 3. The molecule has 24 heavy (non-hydrogen) atoms. The number of pyridine rings is 1. The predicted octanol–water partition coefficient (Wildman–Crippen LogP) is 3.12. The van der Waals surface area contributed by atoms with E-state index in [-0.39, 0.29) is 11.8 Å². The molecule has 120 valence electrons. The van der Waals surface area contributed by atoms with Gasteiger partial charge in [-0.2, -0.15) is 0 Å². The molecule has 0 unspecified atom stereocenters. The van der Waals surface area contributed by atoms with Crippen molar-refractivity contribution in [3.63, 3.8) is 0 Å². The Morgan fingerprint density at radius 1 is 1.04 bits per heavy atom. The maximum absolute atomic E-state index is 12.3. The van der Waals surface area contributed by atoms with Gasteiger partial charge < -0.3 is 10.6 Å². The Kier molecular flexibility index (Phi) is 4.52. The van der Waals surface area contributed by atoms with E-state index in [4.69, 9.17) is 0 Å². The van der Waals surface area contributed by atoms with Gasteiger partial charge in [0.15, 0.2) is 0 Å². The number of para-hydroxylation sites is 1. The van der Waals surface area contributed by atoms with Gasteiger partial charge in [0, 0.05) is 24.4 Å². The summed E-state index contributed by atoms with van der Waals surface area (Å²) in [6.07, 6.45) is 1.64. The van der Waals surface area contributed by atoms with Crippen molar-refractivity contribution in [2.75, 3.05) is 5.32 Å². The van der Waals surface area contributed by atoms with Crippen molar-refractivity contribution in [1.29, 1.82) is 0 Å². The van der Waals surface area contributed by atoms with Crippen molar-refractivity contribution in [2.45, 2.75) is 13.5 Å². The van der Waals surface area contributed by atoms with Crippen LogP contribution in [0.5, 0.6) is 0 Å². The monoisotopic (exact) mass is 319 g/mol. The van der Waals surface area contributed by atoms with Gasteiger partial charge in [-0.15, -0.1) is 0 Å². The van der Waals surface area contributed by atoms with Crippen molar-refractivity contribution < 1.29 is 9.59 Å². The number of nitrogens with zero attached hydrogens (tertiary/aromatic N) is 1. The Balaban J connectivity index is 1.70. The number of fused-ring (bicyclic) bond motifs is 1. The van der Waals surface area contributed by atoms with Crippen LogP contribution in [0.25, 0.3) is 10.9 Å². The SMILES string of the molecule is CC(=O)NCc1ccc(C(=O)Nc2cnc3ccccc3c2)cc1. The Labute approximate surface area is 139 Å². The van der Waals surface area contributed by atoms with Crippen LogP contribution in [-0.2, 0) is 11.3 Å². The largest absolute Gasteiger partial charge is 0.352 e. The summed E-state index contributed by atoms with van der Waals surface area (Å²) in [5.41, 5.74) is 3.03. The summed E-state index contributed by atoms with van der Waals surface area (Å²) in [5, 5.41) is 6.54. The average Bonchev–Trinajstić information content (AvgIpc) is 2.60. The van der Waals surface area contributed by atoms with E-state index < -0.39 is 0 Å². The zero-order valence-electron chi connectivity index (χ0n) is 13.2. The molecule has 2 amide bonds. The van der Waals surface area contributed by atoms with E-state index in [0.717, 1.165) is 16.5 Å². The summed E-state index contributed by atoms with van der Waals surface area (Å²) in [4.78, 5) is 27.6. The van der Waals surface area contributed by atoms with Crippen molar-refractivity contribution in [1.82, 2.24) is 10.3 Å². The van der Waals surface area contributed by atoms with E-state index in [1.807, 2.05) is 42.5 Å². The van der Waals surface area contributed by atoms with Crippen LogP contribution < -0.4 is 10.6 Å². The van der Waals surface area contributed by atoms with Crippen LogP contribution in [0.4, 0.5) is 5.69 Å². The number of carbonyl (C=O) groups is 2. The first-order valence-electron chi connectivity index (χ1n) is 7.61. The van der Waals surface area contributed by atoms with Gasteiger partial charge in [0.1, 0.15) is 0 Å². The summed E-state index contributed by atoms with van der Waals surface area (Å²) in [7, 11) is 0. The highest BCUT2D eigenvalue weighted by molar-refractivity contribution is 6.04. The van der Waals surface area contributed by atoms with Crippen LogP contribution >= 0.6 is 0 Å². The van der Waals surface area contributed by atoms with Gasteiger partial charge in [-0.3, -0.25) is 14.6 Å². The molecule has 3 rings (SSSR count). The molecular weight excluding hydrogens is 302 g/mol. The lowest BCUT2D eigenvalue weighted by molar-refractivity contribution is -0.119. The molecule has 3 aromatic rings. The maximum Gasteiger partial charge on any atom is 0.255 e. The van der Waals surface area contributed by atoms with E-state index in [2.05, 4.69) is 15.6 Å². The molecule has 0 aliphatic carbocycles. The second-order valence-electron chi connectivity index (χ2n) is 5.48. The molecular formula is C19H17N3O2. The number of carbonyl (C=O) groups excluding carboxylic acids is 2. The molecule has 0 saturated carbocycles. The van der Waals surface area contributed by atoms with Crippen LogP contribution in [0.2, 0.25) is 0 Å². The van der Waals surface area contributed by atoms with Crippen LogP contribution in [0.1, 0.15) is 22.8 Å². The van der Waals surface area contributed by atoms with E-state index in [1.165, 1.54) is 6.92 Å².